The molecule has 1 aliphatic rings. The van der Waals surface area contributed by atoms with Gasteiger partial charge in [0.25, 0.3) is 5.91 Å². The van der Waals surface area contributed by atoms with Gasteiger partial charge in [0, 0.05) is 25.4 Å². The zero-order valence-electron chi connectivity index (χ0n) is 16.0. The number of aryl methyl sites for hydroxylation is 1. The SMILES string of the molecule is Cc1nc(Cc2ccccc2)sc1C(=O)N1C[C@@H](CN)[C@H](c2ccccc2)C1. The minimum Gasteiger partial charge on any atom is -0.337 e. The van der Waals surface area contributed by atoms with E-state index in [1.165, 1.54) is 22.5 Å². The number of hydrogen-bond acceptors (Lipinski definition) is 4. The molecule has 0 aliphatic carbocycles. The number of carbonyl (C=O) groups is 1. The molecule has 0 bridgehead atoms. The van der Waals surface area contributed by atoms with Crippen molar-refractivity contribution in [2.75, 3.05) is 19.6 Å². The largest absolute Gasteiger partial charge is 0.337 e. The molecule has 2 aromatic carbocycles. The minimum absolute atomic E-state index is 0.0891. The maximum atomic E-state index is 13.2. The summed E-state index contributed by atoms with van der Waals surface area (Å²) in [4.78, 5) is 20.6. The summed E-state index contributed by atoms with van der Waals surface area (Å²) in [5, 5.41) is 0.987. The van der Waals surface area contributed by atoms with Crippen LogP contribution >= 0.6 is 11.3 Å². The molecule has 0 unspecified atom stereocenters. The topological polar surface area (TPSA) is 59.2 Å². The fourth-order valence-corrected chi connectivity index (χ4v) is 5.06. The summed E-state index contributed by atoms with van der Waals surface area (Å²) in [5.74, 6) is 0.682. The van der Waals surface area contributed by atoms with Crippen LogP contribution in [0.25, 0.3) is 0 Å². The minimum atomic E-state index is 0.0891. The first kappa shape index (κ1) is 18.8. The van der Waals surface area contributed by atoms with E-state index in [1.54, 1.807) is 0 Å². The van der Waals surface area contributed by atoms with Crippen molar-refractivity contribution in [3.8, 4) is 0 Å². The Hall–Kier alpha value is -2.50. The Bertz CT molecular complexity index is 939. The Morgan fingerprint density at radius 3 is 2.46 bits per heavy atom. The highest BCUT2D eigenvalue weighted by Gasteiger charge is 2.36. The van der Waals surface area contributed by atoms with Gasteiger partial charge in [-0.2, -0.15) is 0 Å². The van der Waals surface area contributed by atoms with Gasteiger partial charge < -0.3 is 10.6 Å². The number of rotatable bonds is 5. The van der Waals surface area contributed by atoms with Crippen LogP contribution in [0.15, 0.2) is 60.7 Å². The van der Waals surface area contributed by atoms with Crippen LogP contribution < -0.4 is 5.73 Å². The van der Waals surface area contributed by atoms with Gasteiger partial charge in [0.05, 0.1) is 10.7 Å². The Balaban J connectivity index is 1.52. The fraction of sp³-hybridized carbons (Fsp3) is 0.304. The first-order valence-electron chi connectivity index (χ1n) is 9.70. The van der Waals surface area contributed by atoms with E-state index in [0.29, 0.717) is 24.9 Å². The lowest BCUT2D eigenvalue weighted by Gasteiger charge is -2.16. The summed E-state index contributed by atoms with van der Waals surface area (Å²) in [6.07, 6.45) is 0.762. The highest BCUT2D eigenvalue weighted by atomic mass is 32.1. The van der Waals surface area contributed by atoms with Gasteiger partial charge in [0.15, 0.2) is 0 Å². The zero-order valence-corrected chi connectivity index (χ0v) is 16.9. The molecule has 1 amide bonds. The summed E-state index contributed by atoms with van der Waals surface area (Å²) in [6, 6.07) is 20.7. The van der Waals surface area contributed by atoms with Gasteiger partial charge in [-0.15, -0.1) is 11.3 Å². The summed E-state index contributed by atoms with van der Waals surface area (Å²) in [5.41, 5.74) is 9.34. The maximum Gasteiger partial charge on any atom is 0.265 e. The number of carbonyl (C=O) groups excluding carboxylic acids is 1. The molecule has 2 N–H and O–H groups in total. The second kappa shape index (κ2) is 8.25. The Kier molecular flexibility index (Phi) is 5.55. The monoisotopic (exact) mass is 391 g/mol. The van der Waals surface area contributed by atoms with Crippen molar-refractivity contribution in [1.82, 2.24) is 9.88 Å². The summed E-state index contributed by atoms with van der Waals surface area (Å²) in [7, 11) is 0. The first-order chi connectivity index (χ1) is 13.7. The second-order valence-corrected chi connectivity index (χ2v) is 8.49. The number of hydrogen-bond donors (Lipinski definition) is 1. The molecule has 1 saturated heterocycles. The van der Waals surface area contributed by atoms with Gasteiger partial charge in [-0.1, -0.05) is 60.7 Å². The number of benzene rings is 2. The lowest BCUT2D eigenvalue weighted by molar-refractivity contribution is 0.0790. The summed E-state index contributed by atoms with van der Waals surface area (Å²) in [6.45, 7) is 3.95. The summed E-state index contributed by atoms with van der Waals surface area (Å²) < 4.78 is 0. The fourth-order valence-electron chi connectivity index (χ4n) is 3.99. The lowest BCUT2D eigenvalue weighted by Crippen LogP contribution is -2.29. The van der Waals surface area contributed by atoms with Crippen LogP contribution in [0.4, 0.5) is 0 Å². The molecule has 1 fully saturated rings. The predicted octanol–water partition coefficient (Wildman–Crippen LogP) is 3.86. The van der Waals surface area contributed by atoms with E-state index in [9.17, 15) is 4.79 Å². The third kappa shape index (κ3) is 3.86. The smallest absolute Gasteiger partial charge is 0.265 e. The van der Waals surface area contributed by atoms with Gasteiger partial charge >= 0.3 is 0 Å². The average Bonchev–Trinajstić information content (AvgIpc) is 3.32. The molecular formula is C23H25N3OS. The summed E-state index contributed by atoms with van der Waals surface area (Å²) >= 11 is 1.52. The van der Waals surface area contributed by atoms with Crippen LogP contribution in [-0.4, -0.2) is 35.4 Å². The molecule has 1 aliphatic heterocycles. The van der Waals surface area contributed by atoms with Crippen LogP contribution in [0.1, 0.15) is 37.4 Å². The van der Waals surface area contributed by atoms with Crippen LogP contribution in [-0.2, 0) is 6.42 Å². The van der Waals surface area contributed by atoms with E-state index in [1.807, 2.05) is 36.1 Å². The quantitative estimate of drug-likeness (QED) is 0.718. The normalized spacial score (nSPS) is 19.1. The highest BCUT2D eigenvalue weighted by Crippen LogP contribution is 2.34. The molecule has 0 radical (unpaired) electrons. The van der Waals surface area contributed by atoms with Gasteiger partial charge in [0.2, 0.25) is 0 Å². The first-order valence-corrected chi connectivity index (χ1v) is 10.5. The molecule has 144 valence electrons. The van der Waals surface area contributed by atoms with Crippen molar-refractivity contribution >= 4 is 17.2 Å². The molecule has 2 heterocycles. The molecule has 1 aromatic heterocycles. The number of amides is 1. The molecule has 4 nitrogen and oxygen atoms in total. The molecule has 2 atom stereocenters. The Morgan fingerprint density at radius 2 is 1.79 bits per heavy atom. The number of aromatic nitrogens is 1. The predicted molar refractivity (Wildman–Crippen MR) is 114 cm³/mol. The standard InChI is InChI=1S/C23H25N3OS/c1-16-22(28-21(25-16)12-17-8-4-2-5-9-17)23(27)26-14-19(13-24)20(15-26)18-10-6-3-7-11-18/h2-11,19-20H,12-15,24H2,1H3/t19-,20+/m1/s1. The van der Waals surface area contributed by atoms with Crippen molar-refractivity contribution in [3.05, 3.63) is 87.4 Å². The third-order valence-electron chi connectivity index (χ3n) is 5.49. The van der Waals surface area contributed by atoms with Crippen LogP contribution in [0.3, 0.4) is 0 Å². The number of nitrogens with two attached hydrogens (primary N) is 1. The number of thiazole rings is 1. The lowest BCUT2D eigenvalue weighted by atomic mass is 9.89. The molecule has 0 spiro atoms. The van der Waals surface area contributed by atoms with Gasteiger partial charge in [-0.05, 0) is 30.5 Å². The van der Waals surface area contributed by atoms with E-state index >= 15 is 0 Å². The molecule has 0 saturated carbocycles. The number of likely N-dealkylation sites (tertiary alicyclic amines) is 1. The number of nitrogens with zero attached hydrogens (tertiary/aromatic N) is 2. The van der Waals surface area contributed by atoms with Crippen molar-refractivity contribution in [3.63, 3.8) is 0 Å². The zero-order chi connectivity index (χ0) is 19.5. The van der Waals surface area contributed by atoms with E-state index < -0.39 is 0 Å². The molecule has 3 aromatic rings. The van der Waals surface area contributed by atoms with Crippen LogP contribution in [0, 0.1) is 12.8 Å². The molecular weight excluding hydrogens is 366 g/mol. The van der Waals surface area contributed by atoms with Gasteiger partial charge in [0.1, 0.15) is 4.88 Å². The van der Waals surface area contributed by atoms with Crippen molar-refractivity contribution in [1.29, 1.82) is 0 Å². The molecule has 5 heteroatoms. The van der Waals surface area contributed by atoms with E-state index in [0.717, 1.165) is 28.5 Å². The van der Waals surface area contributed by atoms with E-state index in [2.05, 4.69) is 41.4 Å². The van der Waals surface area contributed by atoms with Gasteiger partial charge in [-0.25, -0.2) is 4.98 Å². The average molecular weight is 392 g/mol. The van der Waals surface area contributed by atoms with Gasteiger partial charge in [-0.3, -0.25) is 4.79 Å². The van der Waals surface area contributed by atoms with E-state index in [-0.39, 0.29) is 5.91 Å². The van der Waals surface area contributed by atoms with Crippen molar-refractivity contribution in [2.45, 2.75) is 19.3 Å². The Labute approximate surface area is 170 Å². The maximum absolute atomic E-state index is 13.2. The Morgan fingerprint density at radius 1 is 1.11 bits per heavy atom. The van der Waals surface area contributed by atoms with Crippen molar-refractivity contribution in [2.24, 2.45) is 11.7 Å². The van der Waals surface area contributed by atoms with Crippen LogP contribution in [0.5, 0.6) is 0 Å². The van der Waals surface area contributed by atoms with Crippen molar-refractivity contribution < 1.29 is 4.79 Å². The molecule has 4 rings (SSSR count). The highest BCUT2D eigenvalue weighted by molar-refractivity contribution is 7.13. The third-order valence-corrected chi connectivity index (χ3v) is 6.64. The second-order valence-electron chi connectivity index (χ2n) is 7.41. The van der Waals surface area contributed by atoms with Crippen LogP contribution in [0.2, 0.25) is 0 Å². The van der Waals surface area contributed by atoms with E-state index in [4.69, 9.17) is 5.73 Å². The molecule has 28 heavy (non-hydrogen) atoms.